The van der Waals surface area contributed by atoms with Crippen LogP contribution >= 0.6 is 15.9 Å². The number of hydrazine groups is 1. The van der Waals surface area contributed by atoms with E-state index in [0.717, 1.165) is 22.7 Å². The molecule has 104 valence electrons. The lowest BCUT2D eigenvalue weighted by Crippen LogP contribution is -2.32. The number of rotatable bonds is 3. The van der Waals surface area contributed by atoms with Crippen LogP contribution in [0.5, 0.6) is 5.75 Å². The maximum absolute atomic E-state index is 13.3. The van der Waals surface area contributed by atoms with Gasteiger partial charge in [0.05, 0.1) is 5.69 Å². The molecule has 0 saturated carbocycles. The molecule has 0 saturated heterocycles. The Morgan fingerprint density at radius 1 is 1.10 bits per heavy atom. The molecule has 4 nitrogen and oxygen atoms in total. The number of nitrogens with one attached hydrogen (secondary N) is 2. The fourth-order valence-corrected chi connectivity index (χ4v) is 1.61. The van der Waals surface area contributed by atoms with Crippen LogP contribution in [-0.2, 0) is 0 Å². The molecule has 0 bridgehead atoms. The summed E-state index contributed by atoms with van der Waals surface area (Å²) in [6, 6.07) is 9.37. The van der Waals surface area contributed by atoms with Gasteiger partial charge in [-0.2, -0.15) is 0 Å². The van der Waals surface area contributed by atoms with Crippen molar-refractivity contribution < 1.29 is 18.3 Å². The molecule has 0 radical (unpaired) electrons. The molecule has 0 unspecified atom stereocenters. The summed E-state index contributed by atoms with van der Waals surface area (Å²) in [6.07, 6.45) is -0.851. The second-order valence-corrected chi connectivity index (χ2v) is 4.63. The standard InChI is InChI=1S/C13H9BrF2N2O2/c14-8-1-4-10(5-2-8)20-13(19)18-17-12-7-9(15)3-6-11(12)16/h1-7,17H,(H,18,19). The lowest BCUT2D eigenvalue weighted by molar-refractivity contribution is 0.203. The third-order valence-corrected chi connectivity index (χ3v) is 2.78. The van der Waals surface area contributed by atoms with E-state index in [1.165, 1.54) is 0 Å². The van der Waals surface area contributed by atoms with Crippen molar-refractivity contribution in [1.82, 2.24) is 5.43 Å². The van der Waals surface area contributed by atoms with E-state index < -0.39 is 17.7 Å². The fourth-order valence-electron chi connectivity index (χ4n) is 1.35. The Morgan fingerprint density at radius 2 is 1.80 bits per heavy atom. The van der Waals surface area contributed by atoms with E-state index in [2.05, 4.69) is 26.8 Å². The molecule has 0 fully saturated rings. The summed E-state index contributed by atoms with van der Waals surface area (Å²) >= 11 is 3.24. The quantitative estimate of drug-likeness (QED) is 0.833. The zero-order chi connectivity index (χ0) is 14.5. The smallest absolute Gasteiger partial charge is 0.409 e. The van der Waals surface area contributed by atoms with Gasteiger partial charge in [-0.25, -0.2) is 19.0 Å². The van der Waals surface area contributed by atoms with Crippen molar-refractivity contribution in [2.75, 3.05) is 5.43 Å². The monoisotopic (exact) mass is 342 g/mol. The third kappa shape index (κ3) is 3.92. The van der Waals surface area contributed by atoms with Crippen LogP contribution in [0.4, 0.5) is 19.3 Å². The molecule has 7 heteroatoms. The van der Waals surface area contributed by atoms with Crippen LogP contribution < -0.4 is 15.6 Å². The highest BCUT2D eigenvalue weighted by Gasteiger charge is 2.07. The molecule has 0 heterocycles. The van der Waals surface area contributed by atoms with Crippen LogP contribution in [-0.4, -0.2) is 6.09 Å². The summed E-state index contributed by atoms with van der Waals surface area (Å²) in [5.74, 6) is -1.01. The van der Waals surface area contributed by atoms with Crippen molar-refractivity contribution in [2.45, 2.75) is 0 Å². The normalized spacial score (nSPS) is 9.95. The first-order chi connectivity index (χ1) is 9.54. The van der Waals surface area contributed by atoms with Crippen molar-refractivity contribution in [2.24, 2.45) is 0 Å². The first-order valence-electron chi connectivity index (χ1n) is 5.49. The summed E-state index contributed by atoms with van der Waals surface area (Å²) in [5.41, 5.74) is 4.14. The summed E-state index contributed by atoms with van der Waals surface area (Å²) in [5, 5.41) is 0. The number of benzene rings is 2. The SMILES string of the molecule is O=C(NNc1cc(F)ccc1F)Oc1ccc(Br)cc1. The van der Waals surface area contributed by atoms with Crippen LogP contribution in [0.2, 0.25) is 0 Å². The van der Waals surface area contributed by atoms with Crippen LogP contribution in [0.3, 0.4) is 0 Å². The zero-order valence-electron chi connectivity index (χ0n) is 9.99. The Kier molecular flexibility index (Phi) is 4.52. The van der Waals surface area contributed by atoms with Crippen molar-refractivity contribution >= 4 is 27.7 Å². The number of carbonyl (C=O) groups is 1. The van der Waals surface area contributed by atoms with E-state index in [4.69, 9.17) is 4.74 Å². The van der Waals surface area contributed by atoms with Gasteiger partial charge in [-0.05, 0) is 36.4 Å². The molecule has 20 heavy (non-hydrogen) atoms. The molecule has 0 spiro atoms. The van der Waals surface area contributed by atoms with Crippen LogP contribution in [0.1, 0.15) is 0 Å². The molecule has 2 aromatic rings. The third-order valence-electron chi connectivity index (χ3n) is 2.25. The largest absolute Gasteiger partial charge is 0.431 e. The number of halogens is 3. The maximum atomic E-state index is 13.3. The Morgan fingerprint density at radius 3 is 2.50 bits per heavy atom. The van der Waals surface area contributed by atoms with Gasteiger partial charge in [-0.3, -0.25) is 5.43 Å². The minimum Gasteiger partial charge on any atom is -0.409 e. The predicted octanol–water partition coefficient (Wildman–Crippen LogP) is 3.84. The van der Waals surface area contributed by atoms with Crippen molar-refractivity contribution in [3.63, 3.8) is 0 Å². The molecule has 0 aliphatic heterocycles. The van der Waals surface area contributed by atoms with Gasteiger partial charge in [0, 0.05) is 10.5 Å². The number of carbonyl (C=O) groups excluding carboxylic acids is 1. The van der Waals surface area contributed by atoms with Crippen molar-refractivity contribution in [1.29, 1.82) is 0 Å². The van der Waals surface area contributed by atoms with Gasteiger partial charge in [0.15, 0.2) is 0 Å². The highest BCUT2D eigenvalue weighted by atomic mass is 79.9. The Hall–Kier alpha value is -2.15. The fraction of sp³-hybridized carbons (Fsp3) is 0. The number of anilines is 1. The van der Waals surface area contributed by atoms with E-state index in [1.54, 1.807) is 24.3 Å². The molecule has 0 aliphatic rings. The average Bonchev–Trinajstić information content (AvgIpc) is 2.42. The minimum atomic E-state index is -0.851. The number of amides is 1. The highest BCUT2D eigenvalue weighted by molar-refractivity contribution is 9.10. The van der Waals surface area contributed by atoms with E-state index >= 15 is 0 Å². The summed E-state index contributed by atoms with van der Waals surface area (Å²) < 4.78 is 31.9. The number of hydrogen-bond acceptors (Lipinski definition) is 3. The van der Waals surface area contributed by atoms with E-state index in [1.807, 2.05) is 0 Å². The lowest BCUT2D eigenvalue weighted by atomic mass is 10.3. The first-order valence-corrected chi connectivity index (χ1v) is 6.28. The van der Waals surface area contributed by atoms with Crippen LogP contribution in [0.25, 0.3) is 0 Å². The van der Waals surface area contributed by atoms with E-state index in [0.29, 0.717) is 5.75 Å². The molecule has 2 N–H and O–H groups in total. The van der Waals surface area contributed by atoms with Gasteiger partial charge >= 0.3 is 6.09 Å². The second-order valence-electron chi connectivity index (χ2n) is 3.72. The Bertz CT molecular complexity index is 620. The van der Waals surface area contributed by atoms with E-state index in [-0.39, 0.29) is 5.69 Å². The van der Waals surface area contributed by atoms with Crippen LogP contribution in [0.15, 0.2) is 46.9 Å². The van der Waals surface area contributed by atoms with Gasteiger partial charge in [0.1, 0.15) is 17.4 Å². The Balaban J connectivity index is 1.92. The van der Waals surface area contributed by atoms with Crippen molar-refractivity contribution in [3.05, 3.63) is 58.6 Å². The van der Waals surface area contributed by atoms with Crippen LogP contribution in [0, 0.1) is 11.6 Å². The maximum Gasteiger partial charge on any atom is 0.431 e. The molecule has 2 aromatic carbocycles. The number of hydrogen-bond donors (Lipinski definition) is 2. The molecule has 2 rings (SSSR count). The number of ether oxygens (including phenoxy) is 1. The van der Waals surface area contributed by atoms with Gasteiger partial charge in [0.25, 0.3) is 0 Å². The summed E-state index contributed by atoms with van der Waals surface area (Å²) in [6.45, 7) is 0. The summed E-state index contributed by atoms with van der Waals surface area (Å²) in [4.78, 5) is 11.4. The predicted molar refractivity (Wildman–Crippen MR) is 73.3 cm³/mol. The van der Waals surface area contributed by atoms with Gasteiger partial charge in [-0.1, -0.05) is 15.9 Å². The molecule has 0 aromatic heterocycles. The minimum absolute atomic E-state index is 0.197. The van der Waals surface area contributed by atoms with Gasteiger partial charge in [0.2, 0.25) is 0 Å². The molecule has 0 atom stereocenters. The van der Waals surface area contributed by atoms with Gasteiger partial charge < -0.3 is 4.74 Å². The molecular weight excluding hydrogens is 334 g/mol. The molecule has 1 amide bonds. The average molecular weight is 343 g/mol. The molecule has 0 aliphatic carbocycles. The Labute approximate surface area is 121 Å². The van der Waals surface area contributed by atoms with E-state index in [9.17, 15) is 13.6 Å². The summed E-state index contributed by atoms with van der Waals surface area (Å²) in [7, 11) is 0. The second kappa shape index (κ2) is 6.33. The van der Waals surface area contributed by atoms with Crippen molar-refractivity contribution in [3.8, 4) is 5.75 Å². The topological polar surface area (TPSA) is 50.4 Å². The highest BCUT2D eigenvalue weighted by Crippen LogP contribution is 2.16. The first kappa shape index (κ1) is 14.3. The zero-order valence-corrected chi connectivity index (χ0v) is 11.6. The lowest BCUT2D eigenvalue weighted by Gasteiger charge is -2.09. The molecular formula is C13H9BrF2N2O2. The van der Waals surface area contributed by atoms with Gasteiger partial charge in [-0.15, -0.1) is 0 Å².